The van der Waals surface area contributed by atoms with Crippen molar-refractivity contribution in [2.75, 3.05) is 13.3 Å². The van der Waals surface area contributed by atoms with E-state index in [0.29, 0.717) is 17.4 Å². The molecule has 1 amide bonds. The highest BCUT2D eigenvalue weighted by Gasteiger charge is 2.24. The zero-order valence-corrected chi connectivity index (χ0v) is 15.8. The number of hydrogen-bond acceptors (Lipinski definition) is 5. The molecule has 7 nitrogen and oxygen atoms in total. The van der Waals surface area contributed by atoms with Gasteiger partial charge in [0.1, 0.15) is 6.54 Å². The molecule has 2 heterocycles. The van der Waals surface area contributed by atoms with Crippen molar-refractivity contribution in [2.45, 2.75) is 25.8 Å². The summed E-state index contributed by atoms with van der Waals surface area (Å²) in [5, 5.41) is 7.62. The van der Waals surface area contributed by atoms with Gasteiger partial charge in [-0.1, -0.05) is 32.0 Å². The summed E-state index contributed by atoms with van der Waals surface area (Å²) >= 11 is 0. The van der Waals surface area contributed by atoms with Crippen LogP contribution in [0.4, 0.5) is 0 Å². The van der Waals surface area contributed by atoms with E-state index in [1.165, 1.54) is 6.20 Å². The summed E-state index contributed by atoms with van der Waals surface area (Å²) in [6.45, 7) is 4.83. The summed E-state index contributed by atoms with van der Waals surface area (Å²) in [5.41, 5.74) is 1.23. The average Bonchev–Trinajstić information content (AvgIpc) is 3.17. The second kappa shape index (κ2) is 6.99. The van der Waals surface area contributed by atoms with Gasteiger partial charge in [-0.2, -0.15) is 5.10 Å². The summed E-state index contributed by atoms with van der Waals surface area (Å²) < 4.78 is 12.3. The van der Waals surface area contributed by atoms with E-state index in [4.69, 9.17) is 9.47 Å². The summed E-state index contributed by atoms with van der Waals surface area (Å²) in [6.07, 6.45) is 1.24. The smallest absolute Gasteiger partial charge is 0.241 e. The molecule has 1 aromatic heterocycles. The van der Waals surface area contributed by atoms with E-state index in [2.05, 4.69) is 24.3 Å². The van der Waals surface area contributed by atoms with Gasteiger partial charge in [0.15, 0.2) is 11.5 Å². The van der Waals surface area contributed by atoms with E-state index in [1.807, 2.05) is 24.3 Å². The van der Waals surface area contributed by atoms with Gasteiger partial charge >= 0.3 is 0 Å². The van der Waals surface area contributed by atoms with Crippen molar-refractivity contribution in [1.29, 1.82) is 0 Å². The number of ether oxygens (including phenoxy) is 2. The van der Waals surface area contributed by atoms with Gasteiger partial charge in [0.25, 0.3) is 0 Å². The third kappa shape index (κ3) is 3.43. The number of benzene rings is 2. The van der Waals surface area contributed by atoms with Crippen LogP contribution < -0.4 is 20.2 Å². The van der Waals surface area contributed by atoms with Crippen molar-refractivity contribution >= 4 is 16.8 Å². The Bertz CT molecular complexity index is 1100. The van der Waals surface area contributed by atoms with Crippen LogP contribution in [0, 0.1) is 0 Å². The number of fused-ring (bicyclic) bond motifs is 2. The van der Waals surface area contributed by atoms with Crippen LogP contribution in [0.1, 0.15) is 19.4 Å². The van der Waals surface area contributed by atoms with Gasteiger partial charge < -0.3 is 14.8 Å². The van der Waals surface area contributed by atoms with Gasteiger partial charge in [-0.25, -0.2) is 0 Å². The molecule has 7 heteroatoms. The van der Waals surface area contributed by atoms with E-state index >= 15 is 0 Å². The highest BCUT2D eigenvalue weighted by molar-refractivity contribution is 5.81. The van der Waals surface area contributed by atoms with Crippen molar-refractivity contribution in [3.05, 3.63) is 64.4 Å². The molecule has 0 aliphatic carbocycles. The minimum atomic E-state index is -0.296. The predicted molar refractivity (Wildman–Crippen MR) is 105 cm³/mol. The fourth-order valence-electron chi connectivity index (χ4n) is 3.22. The zero-order valence-electron chi connectivity index (χ0n) is 15.8. The molecule has 0 unspecified atom stereocenters. The number of nitrogens with zero attached hydrogens (tertiary/aromatic N) is 2. The van der Waals surface area contributed by atoms with Crippen LogP contribution >= 0.6 is 0 Å². The molecule has 1 N–H and O–H groups in total. The Balaban J connectivity index is 1.46. The molecule has 0 fully saturated rings. The Labute approximate surface area is 161 Å². The van der Waals surface area contributed by atoms with Gasteiger partial charge in [0, 0.05) is 17.3 Å². The molecular weight excluding hydrogens is 358 g/mol. The second-order valence-corrected chi connectivity index (χ2v) is 7.41. The lowest BCUT2D eigenvalue weighted by atomic mass is 9.84. The van der Waals surface area contributed by atoms with Gasteiger partial charge in [-0.05, 0) is 29.8 Å². The predicted octanol–water partition coefficient (Wildman–Crippen LogP) is 2.22. The molecule has 28 heavy (non-hydrogen) atoms. The molecule has 0 atom stereocenters. The Kier molecular flexibility index (Phi) is 4.50. The van der Waals surface area contributed by atoms with Crippen LogP contribution in [0.3, 0.4) is 0 Å². The number of aromatic nitrogens is 2. The summed E-state index contributed by atoms with van der Waals surface area (Å²) in [7, 11) is 0. The summed E-state index contributed by atoms with van der Waals surface area (Å²) in [4.78, 5) is 24.4. The van der Waals surface area contributed by atoms with Crippen molar-refractivity contribution in [3.8, 4) is 11.5 Å². The van der Waals surface area contributed by atoms with Crippen LogP contribution in [0.25, 0.3) is 10.9 Å². The van der Waals surface area contributed by atoms with Gasteiger partial charge in [0.05, 0.1) is 11.7 Å². The first kappa shape index (κ1) is 18.0. The molecule has 0 radical (unpaired) electrons. The van der Waals surface area contributed by atoms with Crippen LogP contribution in [0.2, 0.25) is 0 Å². The Morgan fingerprint density at radius 3 is 2.82 bits per heavy atom. The minimum Gasteiger partial charge on any atom is -0.454 e. The minimum absolute atomic E-state index is 0.0397. The van der Waals surface area contributed by atoms with Gasteiger partial charge in [0.2, 0.25) is 18.1 Å². The molecule has 2 aromatic carbocycles. The van der Waals surface area contributed by atoms with Crippen molar-refractivity contribution in [1.82, 2.24) is 15.1 Å². The molecule has 0 bridgehead atoms. The normalized spacial score (nSPS) is 12.9. The number of carbonyl (C=O) groups excluding carboxylic acids is 1. The monoisotopic (exact) mass is 379 g/mol. The SMILES string of the molecule is CC(C)(CNC(=O)Cn1ncc(=O)c2ccccc21)c1ccc2c(c1)OCO2. The topological polar surface area (TPSA) is 82.5 Å². The average molecular weight is 379 g/mol. The van der Waals surface area contributed by atoms with Crippen LogP contribution in [0.15, 0.2) is 53.5 Å². The lowest BCUT2D eigenvalue weighted by Gasteiger charge is -2.26. The molecule has 0 spiro atoms. The quantitative estimate of drug-likeness (QED) is 0.735. The van der Waals surface area contributed by atoms with Crippen molar-refractivity contribution in [3.63, 3.8) is 0 Å². The Hall–Kier alpha value is -3.35. The van der Waals surface area contributed by atoms with Gasteiger partial charge in [-0.15, -0.1) is 0 Å². The number of carbonyl (C=O) groups is 1. The third-order valence-electron chi connectivity index (χ3n) is 4.94. The van der Waals surface area contributed by atoms with Crippen molar-refractivity contribution < 1.29 is 14.3 Å². The molecule has 1 aliphatic rings. The maximum atomic E-state index is 12.5. The van der Waals surface area contributed by atoms with E-state index < -0.39 is 0 Å². The number of rotatable bonds is 5. The zero-order chi connectivity index (χ0) is 19.7. The summed E-state index contributed by atoms with van der Waals surface area (Å²) in [6, 6.07) is 13.0. The number of amides is 1. The van der Waals surface area contributed by atoms with E-state index in [-0.39, 0.29) is 30.1 Å². The molecule has 0 saturated carbocycles. The highest BCUT2D eigenvalue weighted by Crippen LogP contribution is 2.36. The first-order valence-electron chi connectivity index (χ1n) is 9.06. The van der Waals surface area contributed by atoms with E-state index in [0.717, 1.165) is 17.1 Å². The van der Waals surface area contributed by atoms with Crippen LogP contribution in [0.5, 0.6) is 11.5 Å². The molecule has 144 valence electrons. The molecule has 4 rings (SSSR count). The fourth-order valence-corrected chi connectivity index (χ4v) is 3.22. The second-order valence-electron chi connectivity index (χ2n) is 7.41. The number of hydrogen-bond donors (Lipinski definition) is 1. The van der Waals surface area contributed by atoms with Crippen molar-refractivity contribution in [2.24, 2.45) is 0 Å². The standard InChI is InChI=1S/C21H21N3O4/c1-21(2,14-7-8-18-19(9-14)28-13-27-18)12-22-20(26)11-24-16-6-4-3-5-15(16)17(25)10-23-24/h3-10H,11-13H2,1-2H3,(H,22,26). The van der Waals surface area contributed by atoms with Crippen LogP contribution in [-0.4, -0.2) is 29.0 Å². The van der Waals surface area contributed by atoms with Gasteiger partial charge in [-0.3, -0.25) is 14.3 Å². The highest BCUT2D eigenvalue weighted by atomic mass is 16.7. The molecule has 3 aromatic rings. The lowest BCUT2D eigenvalue weighted by molar-refractivity contribution is -0.122. The largest absolute Gasteiger partial charge is 0.454 e. The van der Waals surface area contributed by atoms with Crippen LogP contribution in [-0.2, 0) is 16.8 Å². The maximum Gasteiger partial charge on any atom is 0.241 e. The van der Waals surface area contributed by atoms with E-state index in [9.17, 15) is 9.59 Å². The first-order valence-corrected chi connectivity index (χ1v) is 9.06. The third-order valence-corrected chi connectivity index (χ3v) is 4.94. The molecular formula is C21H21N3O4. The summed E-state index contributed by atoms with van der Waals surface area (Å²) in [5.74, 6) is 1.29. The molecule has 0 saturated heterocycles. The maximum absolute atomic E-state index is 12.5. The Morgan fingerprint density at radius 1 is 1.18 bits per heavy atom. The fraction of sp³-hybridized carbons (Fsp3) is 0.286. The number of para-hydroxylation sites is 1. The number of nitrogens with one attached hydrogen (secondary N) is 1. The lowest BCUT2D eigenvalue weighted by Crippen LogP contribution is -2.38. The first-order chi connectivity index (χ1) is 13.4. The van der Waals surface area contributed by atoms with E-state index in [1.54, 1.807) is 22.9 Å². The molecule has 1 aliphatic heterocycles. The Morgan fingerprint density at radius 2 is 1.96 bits per heavy atom.